The molecule has 18 heavy (non-hydrogen) atoms. The highest BCUT2D eigenvalue weighted by atomic mass is 32.2. The molecule has 2 aliphatic heterocycles. The van der Waals surface area contributed by atoms with Crippen LogP contribution in [0.1, 0.15) is 6.42 Å². The van der Waals surface area contributed by atoms with Gasteiger partial charge < -0.3 is 10.0 Å². The number of rotatable bonds is 3. The molecule has 0 radical (unpaired) electrons. The van der Waals surface area contributed by atoms with E-state index in [1.807, 2.05) is 0 Å². The number of hydrogen-bond donors (Lipinski definition) is 1. The average molecular weight is 278 g/mol. The van der Waals surface area contributed by atoms with Crippen LogP contribution in [0.2, 0.25) is 0 Å². The topological polar surface area (TPSA) is 87.2 Å². The molecule has 2 aliphatic rings. The van der Waals surface area contributed by atoms with Crippen molar-refractivity contribution in [3.8, 4) is 0 Å². The smallest absolute Gasteiger partial charge is 0.239 e. The number of amides is 1. The van der Waals surface area contributed by atoms with Gasteiger partial charge in [-0.2, -0.15) is 5.06 Å². The van der Waals surface area contributed by atoms with Crippen LogP contribution in [0.25, 0.3) is 0 Å². The molecule has 104 valence electrons. The minimum Gasteiger partial charge on any atom is -0.389 e. The summed E-state index contributed by atoms with van der Waals surface area (Å²) in [5.74, 6) is -0.00127. The van der Waals surface area contributed by atoms with Crippen molar-refractivity contribution < 1.29 is 23.2 Å². The Morgan fingerprint density at radius 2 is 2.28 bits per heavy atom. The van der Waals surface area contributed by atoms with Crippen molar-refractivity contribution in [2.75, 3.05) is 38.2 Å². The molecule has 2 atom stereocenters. The number of carbonyl (C=O) groups excluding carboxylic acids is 1. The van der Waals surface area contributed by atoms with Crippen LogP contribution in [0, 0.1) is 0 Å². The van der Waals surface area contributed by atoms with Crippen molar-refractivity contribution in [2.45, 2.75) is 18.6 Å². The minimum atomic E-state index is -2.99. The fourth-order valence-electron chi connectivity index (χ4n) is 2.19. The van der Waals surface area contributed by atoms with Gasteiger partial charge >= 0.3 is 0 Å². The first kappa shape index (κ1) is 13.7. The first-order chi connectivity index (χ1) is 8.37. The molecule has 2 saturated heterocycles. The fraction of sp³-hybridized carbons (Fsp3) is 0.900. The fourth-order valence-corrected chi connectivity index (χ4v) is 3.96. The molecule has 0 saturated carbocycles. The van der Waals surface area contributed by atoms with Crippen molar-refractivity contribution in [3.05, 3.63) is 0 Å². The van der Waals surface area contributed by atoms with E-state index in [2.05, 4.69) is 0 Å². The van der Waals surface area contributed by atoms with E-state index in [-0.39, 0.29) is 36.6 Å². The number of likely N-dealkylation sites (N-methyl/N-ethyl adjacent to an activating group) is 1. The summed E-state index contributed by atoms with van der Waals surface area (Å²) in [6.07, 6.45) is -0.0661. The van der Waals surface area contributed by atoms with Crippen LogP contribution in [0.15, 0.2) is 0 Å². The Kier molecular flexibility index (Phi) is 3.90. The van der Waals surface area contributed by atoms with Crippen molar-refractivity contribution in [2.24, 2.45) is 0 Å². The standard InChI is InChI=1S/C10H18N2O5S/c1-11(8-2-3-18(15,16)7-8)10(14)5-12-4-9(13)6-17-12/h8-9,13H,2-7H2,1H3. The molecule has 0 aromatic heterocycles. The van der Waals surface area contributed by atoms with Gasteiger partial charge in [-0.15, -0.1) is 0 Å². The Bertz CT molecular complexity index is 424. The molecule has 2 rings (SSSR count). The Morgan fingerprint density at radius 3 is 2.78 bits per heavy atom. The lowest BCUT2D eigenvalue weighted by Crippen LogP contribution is -2.43. The maximum atomic E-state index is 11.9. The van der Waals surface area contributed by atoms with Crippen LogP contribution in [0.5, 0.6) is 0 Å². The summed E-state index contributed by atoms with van der Waals surface area (Å²) in [7, 11) is -1.38. The third kappa shape index (κ3) is 3.19. The van der Waals surface area contributed by atoms with Crippen molar-refractivity contribution in [3.63, 3.8) is 0 Å². The van der Waals surface area contributed by atoms with Gasteiger partial charge in [0, 0.05) is 13.1 Å². The molecule has 0 aromatic rings. The highest BCUT2D eigenvalue weighted by molar-refractivity contribution is 7.91. The number of nitrogens with zero attached hydrogens (tertiary/aromatic N) is 2. The van der Waals surface area contributed by atoms with E-state index < -0.39 is 15.9 Å². The second-order valence-corrected chi connectivity index (χ2v) is 7.06. The molecule has 1 N–H and O–H groups in total. The lowest BCUT2D eigenvalue weighted by atomic mass is 10.2. The molecule has 1 amide bonds. The first-order valence-corrected chi connectivity index (χ1v) is 7.71. The summed E-state index contributed by atoms with van der Waals surface area (Å²) in [6.45, 7) is 0.557. The predicted molar refractivity (Wildman–Crippen MR) is 63.4 cm³/mol. The zero-order valence-corrected chi connectivity index (χ0v) is 11.1. The summed E-state index contributed by atoms with van der Waals surface area (Å²) < 4.78 is 22.7. The predicted octanol–water partition coefficient (Wildman–Crippen LogP) is -1.76. The van der Waals surface area contributed by atoms with Crippen molar-refractivity contribution in [1.29, 1.82) is 0 Å². The molecule has 8 heteroatoms. The highest BCUT2D eigenvalue weighted by Gasteiger charge is 2.34. The second kappa shape index (κ2) is 5.12. The normalized spacial score (nSPS) is 31.7. The molecule has 2 heterocycles. The quantitative estimate of drug-likeness (QED) is 0.658. The van der Waals surface area contributed by atoms with Crippen LogP contribution >= 0.6 is 0 Å². The van der Waals surface area contributed by atoms with Gasteiger partial charge in [0.25, 0.3) is 0 Å². The van der Waals surface area contributed by atoms with Gasteiger partial charge in [-0.05, 0) is 6.42 Å². The van der Waals surface area contributed by atoms with Crippen LogP contribution in [-0.4, -0.2) is 79.8 Å². The van der Waals surface area contributed by atoms with E-state index >= 15 is 0 Å². The van der Waals surface area contributed by atoms with Gasteiger partial charge in [-0.25, -0.2) is 8.42 Å². The Hall–Kier alpha value is -0.700. The number of carbonyl (C=O) groups is 1. The SMILES string of the molecule is CN(C(=O)CN1CC(O)CO1)C1CCS(=O)(=O)C1. The van der Waals surface area contributed by atoms with E-state index in [1.54, 1.807) is 7.05 Å². The molecule has 2 unspecified atom stereocenters. The Balaban J connectivity index is 1.85. The van der Waals surface area contributed by atoms with E-state index in [9.17, 15) is 18.3 Å². The van der Waals surface area contributed by atoms with Crippen LogP contribution in [0.3, 0.4) is 0 Å². The van der Waals surface area contributed by atoms with Gasteiger partial charge in [0.1, 0.15) is 6.54 Å². The highest BCUT2D eigenvalue weighted by Crippen LogP contribution is 2.17. The van der Waals surface area contributed by atoms with E-state index in [1.165, 1.54) is 9.96 Å². The third-order valence-corrected chi connectivity index (χ3v) is 5.08. The van der Waals surface area contributed by atoms with Gasteiger partial charge in [-0.3, -0.25) is 9.63 Å². The molecular weight excluding hydrogens is 260 g/mol. The molecule has 2 fully saturated rings. The number of aliphatic hydroxyl groups excluding tert-OH is 1. The Labute approximate surface area is 106 Å². The summed E-state index contributed by atoms with van der Waals surface area (Å²) >= 11 is 0. The van der Waals surface area contributed by atoms with Crippen molar-refractivity contribution in [1.82, 2.24) is 9.96 Å². The van der Waals surface area contributed by atoms with Gasteiger partial charge in [0.05, 0.1) is 30.8 Å². The zero-order chi connectivity index (χ0) is 13.3. The summed E-state index contributed by atoms with van der Waals surface area (Å²) in [6, 6.07) is -0.241. The third-order valence-electron chi connectivity index (χ3n) is 3.33. The molecular formula is C10H18N2O5S. The maximum Gasteiger partial charge on any atom is 0.239 e. The average Bonchev–Trinajstić information content (AvgIpc) is 2.83. The lowest BCUT2D eigenvalue weighted by molar-refractivity contribution is -0.151. The monoisotopic (exact) mass is 278 g/mol. The first-order valence-electron chi connectivity index (χ1n) is 5.89. The Morgan fingerprint density at radius 1 is 1.56 bits per heavy atom. The van der Waals surface area contributed by atoms with Gasteiger partial charge in [0.15, 0.2) is 9.84 Å². The molecule has 0 spiro atoms. The second-order valence-electron chi connectivity index (χ2n) is 4.83. The lowest BCUT2D eigenvalue weighted by Gasteiger charge is -2.25. The van der Waals surface area contributed by atoms with E-state index in [0.717, 1.165) is 0 Å². The number of hydroxylamine groups is 2. The van der Waals surface area contributed by atoms with Gasteiger partial charge in [0.2, 0.25) is 5.91 Å². The van der Waals surface area contributed by atoms with Crippen LogP contribution < -0.4 is 0 Å². The minimum absolute atomic E-state index is 0.0404. The van der Waals surface area contributed by atoms with E-state index in [0.29, 0.717) is 13.0 Å². The van der Waals surface area contributed by atoms with E-state index in [4.69, 9.17) is 4.84 Å². The van der Waals surface area contributed by atoms with Crippen LogP contribution in [-0.2, 0) is 19.5 Å². The summed E-state index contributed by atoms with van der Waals surface area (Å²) in [5, 5.41) is 10.7. The molecule has 0 aliphatic carbocycles. The number of hydrogen-bond acceptors (Lipinski definition) is 6. The van der Waals surface area contributed by atoms with Crippen LogP contribution in [0.4, 0.5) is 0 Å². The summed E-state index contributed by atoms with van der Waals surface area (Å²) in [4.78, 5) is 18.5. The summed E-state index contributed by atoms with van der Waals surface area (Å²) in [5.41, 5.74) is 0. The van der Waals surface area contributed by atoms with Crippen molar-refractivity contribution >= 4 is 15.7 Å². The van der Waals surface area contributed by atoms with Gasteiger partial charge in [-0.1, -0.05) is 0 Å². The maximum absolute atomic E-state index is 11.9. The largest absolute Gasteiger partial charge is 0.389 e. The molecule has 0 aromatic carbocycles. The number of sulfone groups is 1. The number of β-amino-alcohol motifs (C(OH)–C–C–N with tert-alkyl or cyclic N) is 1. The molecule has 7 nitrogen and oxygen atoms in total. The number of aliphatic hydroxyl groups is 1. The zero-order valence-electron chi connectivity index (χ0n) is 10.3. The molecule has 0 bridgehead atoms.